The maximum Gasteiger partial charge on any atom is 0.161 e. The highest BCUT2D eigenvalue weighted by Gasteiger charge is 2.18. The van der Waals surface area contributed by atoms with Crippen LogP contribution in [-0.4, -0.2) is 9.27 Å². The molecule has 0 bridgehead atoms. The Kier molecular flexibility index (Phi) is 1.65. The van der Waals surface area contributed by atoms with Gasteiger partial charge in [-0.25, -0.2) is 0 Å². The lowest BCUT2D eigenvalue weighted by Gasteiger charge is -2.16. The van der Waals surface area contributed by atoms with Crippen LogP contribution in [0.2, 0.25) is 0 Å². The van der Waals surface area contributed by atoms with Crippen LogP contribution in [0.25, 0.3) is 0 Å². The molecule has 0 N–H and O–H groups in total. The summed E-state index contributed by atoms with van der Waals surface area (Å²) < 4.78 is 1.31. The minimum Gasteiger partial charge on any atom is -0.691 e. The average Bonchev–Trinajstić information content (AvgIpc) is 2.04. The molecule has 1 aliphatic heterocycles. The Morgan fingerprint density at radius 3 is 3.08 bits per heavy atom. The van der Waals surface area contributed by atoms with Crippen molar-refractivity contribution in [3.63, 3.8) is 0 Å². The molecule has 1 aliphatic rings. The first-order chi connectivity index (χ1) is 5.77. The summed E-state index contributed by atoms with van der Waals surface area (Å²) in [5, 5.41) is 14.8. The van der Waals surface area contributed by atoms with Crippen LogP contribution in [0.1, 0.15) is 5.56 Å². The smallest absolute Gasteiger partial charge is 0.161 e. The first-order valence-corrected chi connectivity index (χ1v) is 3.90. The van der Waals surface area contributed by atoms with E-state index in [1.807, 2.05) is 18.2 Å². The van der Waals surface area contributed by atoms with Gasteiger partial charge in [0.05, 0.1) is 12.8 Å². The van der Waals surface area contributed by atoms with Gasteiger partial charge in [0.2, 0.25) is 0 Å². The van der Waals surface area contributed by atoms with Gasteiger partial charge in [0.15, 0.2) is 5.69 Å². The Bertz CT molecular complexity index is 339. The monoisotopic (exact) mass is 181 g/mol. The van der Waals surface area contributed by atoms with E-state index in [-0.39, 0.29) is 0 Å². The summed E-state index contributed by atoms with van der Waals surface area (Å²) >= 11 is 3.97. The van der Waals surface area contributed by atoms with Crippen LogP contribution in [0, 0.1) is 5.21 Å². The Morgan fingerprint density at radius 2 is 2.25 bits per heavy atom. The Labute approximate surface area is 75.2 Å². The van der Waals surface area contributed by atoms with Gasteiger partial charge in [-0.3, -0.25) is 0 Å². The average molecular weight is 181 g/mol. The summed E-state index contributed by atoms with van der Waals surface area (Å²) in [6.07, 6.45) is 0. The van der Waals surface area contributed by atoms with Gasteiger partial charge < -0.3 is 5.21 Å². The van der Waals surface area contributed by atoms with Gasteiger partial charge in [-0.05, 0) is 6.07 Å². The van der Waals surface area contributed by atoms with Crippen molar-refractivity contribution >= 4 is 18.5 Å². The first kappa shape index (κ1) is 7.42. The number of thiol groups is 1. The van der Waals surface area contributed by atoms with E-state index in [2.05, 4.69) is 18.0 Å². The summed E-state index contributed by atoms with van der Waals surface area (Å²) in [5.41, 5.74) is 1.54. The van der Waals surface area contributed by atoms with Crippen LogP contribution in [-0.2, 0) is 6.54 Å². The minimum atomic E-state index is 0.567. The third-order valence-electron chi connectivity index (χ3n) is 1.69. The topological polar surface area (TPSA) is 41.7 Å². The van der Waals surface area contributed by atoms with Gasteiger partial charge in [-0.15, -0.1) is 9.27 Å². The largest absolute Gasteiger partial charge is 0.691 e. The van der Waals surface area contributed by atoms with E-state index >= 15 is 0 Å². The molecule has 1 heterocycles. The number of para-hydroxylation sites is 1. The molecule has 0 fully saturated rings. The number of hydrogen-bond donors (Lipinski definition) is 1. The van der Waals surface area contributed by atoms with Crippen LogP contribution in [0.3, 0.4) is 0 Å². The zero-order valence-electron chi connectivity index (χ0n) is 6.21. The summed E-state index contributed by atoms with van der Waals surface area (Å²) in [4.78, 5) is 0.575. The Hall–Kier alpha value is -1.23. The third kappa shape index (κ3) is 1.12. The summed E-state index contributed by atoms with van der Waals surface area (Å²) in [6, 6.07) is 7.33. The van der Waals surface area contributed by atoms with Crippen LogP contribution in [0.5, 0.6) is 0 Å². The van der Waals surface area contributed by atoms with Crippen molar-refractivity contribution in [2.45, 2.75) is 6.54 Å². The number of nitrogens with zero attached hydrogens (tertiary/aromatic N) is 3. The van der Waals surface area contributed by atoms with Crippen LogP contribution < -0.4 is 0 Å². The Morgan fingerprint density at radius 1 is 1.50 bits per heavy atom. The zero-order valence-corrected chi connectivity index (χ0v) is 7.11. The molecule has 12 heavy (non-hydrogen) atoms. The van der Waals surface area contributed by atoms with Crippen molar-refractivity contribution in [2.75, 3.05) is 0 Å². The zero-order chi connectivity index (χ0) is 8.55. The lowest BCUT2D eigenvalue weighted by atomic mass is 10.2. The molecule has 0 aliphatic carbocycles. The molecule has 1 aromatic rings. The molecular weight excluding hydrogens is 174 g/mol. The van der Waals surface area contributed by atoms with Gasteiger partial charge in [0, 0.05) is 5.56 Å². The van der Waals surface area contributed by atoms with Crippen LogP contribution in [0.15, 0.2) is 29.5 Å². The fourth-order valence-electron chi connectivity index (χ4n) is 1.16. The van der Waals surface area contributed by atoms with Crippen molar-refractivity contribution in [3.05, 3.63) is 35.0 Å². The number of fused-ring (bicyclic) bond motifs is 1. The minimum absolute atomic E-state index is 0.567. The van der Waals surface area contributed by atoms with Crippen molar-refractivity contribution in [3.8, 4) is 0 Å². The number of benzene rings is 1. The normalized spacial score (nSPS) is 15.4. The predicted octanol–water partition coefficient (Wildman–Crippen LogP) is 1.86. The van der Waals surface area contributed by atoms with E-state index in [0.29, 0.717) is 17.1 Å². The van der Waals surface area contributed by atoms with Gasteiger partial charge in [-0.2, -0.15) is 0 Å². The second-order valence-electron chi connectivity index (χ2n) is 2.52. The van der Waals surface area contributed by atoms with Gasteiger partial charge in [0.25, 0.3) is 0 Å². The second kappa shape index (κ2) is 2.67. The molecule has 0 spiro atoms. The lowest BCUT2D eigenvalue weighted by molar-refractivity contribution is -0.462. The first-order valence-electron chi connectivity index (χ1n) is 3.50. The number of hydrogen-bond acceptors (Lipinski definition) is 4. The van der Waals surface area contributed by atoms with Gasteiger partial charge in [0.1, 0.15) is 11.8 Å². The molecule has 1 aromatic carbocycles. The van der Waals surface area contributed by atoms with E-state index in [1.165, 1.54) is 4.41 Å². The fourth-order valence-corrected chi connectivity index (χ4v) is 1.38. The molecule has 62 valence electrons. The molecule has 0 saturated carbocycles. The van der Waals surface area contributed by atoms with E-state index < -0.39 is 0 Å². The summed E-state index contributed by atoms with van der Waals surface area (Å²) in [6.45, 7) is 0.567. The lowest BCUT2D eigenvalue weighted by Crippen LogP contribution is -2.14. The maximum absolute atomic E-state index is 11.2. The molecule has 5 heteroatoms. The molecule has 0 radical (unpaired) electrons. The molecule has 0 saturated heterocycles. The van der Waals surface area contributed by atoms with E-state index in [4.69, 9.17) is 0 Å². The van der Waals surface area contributed by atoms with Crippen molar-refractivity contribution in [2.24, 2.45) is 5.22 Å². The predicted molar refractivity (Wildman–Crippen MR) is 46.7 cm³/mol. The molecule has 4 nitrogen and oxygen atoms in total. The third-order valence-corrected chi connectivity index (χ3v) is 1.92. The molecule has 0 unspecified atom stereocenters. The molecule has 0 atom stereocenters. The Balaban J connectivity index is 2.53. The molecular formula is C7H7N3OS. The highest BCUT2D eigenvalue weighted by Crippen LogP contribution is 2.25. The van der Waals surface area contributed by atoms with Crippen LogP contribution >= 0.6 is 12.8 Å². The maximum atomic E-state index is 11.2. The highest BCUT2D eigenvalue weighted by molar-refractivity contribution is 7.77. The van der Waals surface area contributed by atoms with Gasteiger partial charge in [-0.1, -0.05) is 18.2 Å². The van der Waals surface area contributed by atoms with Crippen LogP contribution in [0.4, 0.5) is 5.69 Å². The quantitative estimate of drug-likeness (QED) is 0.377. The van der Waals surface area contributed by atoms with E-state index in [9.17, 15) is 5.21 Å². The second-order valence-corrected chi connectivity index (χ2v) is 2.98. The van der Waals surface area contributed by atoms with E-state index in [0.717, 1.165) is 5.56 Å². The molecule has 0 amide bonds. The molecule has 0 aromatic heterocycles. The highest BCUT2D eigenvalue weighted by atomic mass is 32.1. The SMILES string of the molecule is [O-][N+]1=NN(S)Cc2ccccc21. The molecule has 2 rings (SSSR count). The number of rotatable bonds is 0. The van der Waals surface area contributed by atoms with Crippen molar-refractivity contribution < 1.29 is 4.86 Å². The van der Waals surface area contributed by atoms with E-state index in [1.54, 1.807) is 6.07 Å². The van der Waals surface area contributed by atoms with Gasteiger partial charge >= 0.3 is 0 Å². The van der Waals surface area contributed by atoms with Crippen molar-refractivity contribution in [1.82, 2.24) is 4.41 Å². The summed E-state index contributed by atoms with van der Waals surface area (Å²) in [7, 11) is 0. The van der Waals surface area contributed by atoms with Crippen molar-refractivity contribution in [1.29, 1.82) is 0 Å². The summed E-state index contributed by atoms with van der Waals surface area (Å²) in [5.74, 6) is 0. The fraction of sp³-hybridized carbons (Fsp3) is 0.143. The standard InChI is InChI=1S/C7H7N3OS/c11-10-7-4-2-1-3-6(7)5-9(12)8-10/h1-4,12H,5H2.